The van der Waals surface area contributed by atoms with Crippen LogP contribution >= 0.6 is 15.9 Å². The highest BCUT2D eigenvalue weighted by Gasteiger charge is 1.96. The summed E-state index contributed by atoms with van der Waals surface area (Å²) in [6.07, 6.45) is 0. The number of nitrogens with two attached hydrogens (primary N) is 2. The lowest BCUT2D eigenvalue weighted by atomic mass is 10.4. The van der Waals surface area contributed by atoms with Crippen molar-refractivity contribution in [3.8, 4) is 0 Å². The third-order valence-corrected chi connectivity index (χ3v) is 1.47. The fourth-order valence-electron chi connectivity index (χ4n) is 0.562. The fourth-order valence-corrected chi connectivity index (χ4v) is 0.871. The lowest BCUT2D eigenvalue weighted by Gasteiger charge is -2.01. The van der Waals surface area contributed by atoms with E-state index in [9.17, 15) is 0 Å². The van der Waals surface area contributed by atoms with Crippen molar-refractivity contribution in [1.29, 1.82) is 0 Å². The molecule has 0 amide bonds. The molecule has 0 aromatic carbocycles. The summed E-state index contributed by atoms with van der Waals surface area (Å²) in [7, 11) is 0. The molecule has 5 N–H and O–H groups in total. The first-order chi connectivity index (χ1) is 4.74. The Balaban J connectivity index is 3.09. The minimum atomic E-state index is 0.481. The van der Waals surface area contributed by atoms with Gasteiger partial charge in [-0.1, -0.05) is 0 Å². The number of rotatable bonds is 1. The quantitative estimate of drug-likeness (QED) is 0.357. The number of halogens is 1. The van der Waals surface area contributed by atoms with Gasteiger partial charge in [0.15, 0.2) is 5.82 Å². The van der Waals surface area contributed by atoms with Crippen molar-refractivity contribution in [3.63, 3.8) is 0 Å². The average Bonchev–Trinajstić information content (AvgIpc) is 1.94. The van der Waals surface area contributed by atoms with Crippen molar-refractivity contribution < 1.29 is 0 Å². The van der Waals surface area contributed by atoms with Gasteiger partial charge in [0, 0.05) is 0 Å². The van der Waals surface area contributed by atoms with Crippen LogP contribution in [0.4, 0.5) is 11.5 Å². The maximum Gasteiger partial charge on any atom is 0.164 e. The zero-order valence-corrected chi connectivity index (χ0v) is 6.72. The third-order valence-electron chi connectivity index (χ3n) is 1.03. The summed E-state index contributed by atoms with van der Waals surface area (Å²) in [6.45, 7) is 0. The van der Waals surface area contributed by atoms with Gasteiger partial charge in [0.25, 0.3) is 0 Å². The molecule has 0 spiro atoms. The Hall–Kier alpha value is -0.810. The maximum absolute atomic E-state index is 5.47. The fraction of sp³-hybridized carbons (Fsp3) is 0. The van der Waals surface area contributed by atoms with Gasteiger partial charge in [-0.05, 0) is 28.1 Å². The molecule has 1 aromatic heterocycles. The SMILES string of the molecule is NNc1nc(Br)ccc1N. The Morgan fingerprint density at radius 3 is 2.70 bits per heavy atom. The Morgan fingerprint density at radius 2 is 2.20 bits per heavy atom. The van der Waals surface area contributed by atoms with Crippen LogP contribution < -0.4 is 17.0 Å². The van der Waals surface area contributed by atoms with Crippen LogP contribution in [0.15, 0.2) is 16.7 Å². The van der Waals surface area contributed by atoms with Gasteiger partial charge in [0.2, 0.25) is 0 Å². The molecule has 0 unspecified atom stereocenters. The van der Waals surface area contributed by atoms with E-state index in [1.54, 1.807) is 12.1 Å². The highest BCUT2D eigenvalue weighted by atomic mass is 79.9. The van der Waals surface area contributed by atoms with E-state index in [-0.39, 0.29) is 0 Å². The molecule has 0 bridgehead atoms. The number of hydrogen-bond acceptors (Lipinski definition) is 4. The molecule has 0 aliphatic carbocycles. The molecule has 10 heavy (non-hydrogen) atoms. The second-order valence-corrected chi connectivity index (χ2v) is 2.53. The predicted octanol–water partition coefficient (Wildman–Crippen LogP) is 0.712. The van der Waals surface area contributed by atoms with Crippen LogP contribution in [-0.4, -0.2) is 4.98 Å². The Bertz CT molecular complexity index is 237. The van der Waals surface area contributed by atoms with Gasteiger partial charge in [-0.25, -0.2) is 10.8 Å². The maximum atomic E-state index is 5.47. The molecule has 5 heteroatoms. The second kappa shape index (κ2) is 2.85. The molecule has 0 radical (unpaired) electrons. The summed E-state index contributed by atoms with van der Waals surface area (Å²) < 4.78 is 0.703. The van der Waals surface area contributed by atoms with Crippen molar-refractivity contribution in [2.75, 3.05) is 11.2 Å². The zero-order chi connectivity index (χ0) is 7.56. The molecule has 0 aliphatic heterocycles. The molecule has 1 heterocycles. The summed E-state index contributed by atoms with van der Waals surface area (Å²) in [5, 5.41) is 0. The smallest absolute Gasteiger partial charge is 0.164 e. The van der Waals surface area contributed by atoms with E-state index in [0.717, 1.165) is 0 Å². The molecule has 0 saturated carbocycles. The summed E-state index contributed by atoms with van der Waals surface area (Å²) in [6, 6.07) is 3.46. The van der Waals surface area contributed by atoms with Crippen LogP contribution in [0.2, 0.25) is 0 Å². The minimum absolute atomic E-state index is 0.481. The number of aromatic nitrogens is 1. The van der Waals surface area contributed by atoms with Crippen molar-refractivity contribution in [3.05, 3.63) is 16.7 Å². The Labute approximate surface area is 66.7 Å². The van der Waals surface area contributed by atoms with Crippen LogP contribution in [0.5, 0.6) is 0 Å². The molecular weight excluding hydrogens is 196 g/mol. The highest BCUT2D eigenvalue weighted by Crippen LogP contribution is 2.16. The first-order valence-electron chi connectivity index (χ1n) is 2.62. The van der Waals surface area contributed by atoms with Gasteiger partial charge in [-0.15, -0.1) is 0 Å². The average molecular weight is 203 g/mol. The van der Waals surface area contributed by atoms with E-state index in [1.807, 2.05) is 0 Å². The van der Waals surface area contributed by atoms with E-state index in [2.05, 4.69) is 26.3 Å². The van der Waals surface area contributed by atoms with E-state index in [0.29, 0.717) is 16.1 Å². The topological polar surface area (TPSA) is 77.0 Å². The minimum Gasteiger partial charge on any atom is -0.396 e. The summed E-state index contributed by atoms with van der Waals surface area (Å²) in [5.41, 5.74) is 8.38. The Kier molecular flexibility index (Phi) is 2.08. The second-order valence-electron chi connectivity index (χ2n) is 1.72. The van der Waals surface area contributed by atoms with E-state index in [4.69, 9.17) is 11.6 Å². The van der Waals surface area contributed by atoms with Crippen LogP contribution in [0.25, 0.3) is 0 Å². The van der Waals surface area contributed by atoms with Gasteiger partial charge in [0.05, 0.1) is 5.69 Å². The summed E-state index contributed by atoms with van der Waals surface area (Å²) in [5.74, 6) is 5.59. The van der Waals surface area contributed by atoms with Crippen molar-refractivity contribution in [2.24, 2.45) is 5.84 Å². The van der Waals surface area contributed by atoms with Gasteiger partial charge >= 0.3 is 0 Å². The standard InChI is InChI=1S/C5H7BrN4/c6-4-2-1-3(7)5(9-4)10-8/h1-2H,7-8H2,(H,9,10). The van der Waals surface area contributed by atoms with E-state index in [1.165, 1.54) is 0 Å². The number of nitrogens with one attached hydrogen (secondary N) is 1. The van der Waals surface area contributed by atoms with Gasteiger partial charge in [0.1, 0.15) is 4.60 Å². The number of hydrogen-bond donors (Lipinski definition) is 3. The number of hydrazine groups is 1. The highest BCUT2D eigenvalue weighted by molar-refractivity contribution is 9.10. The summed E-state index contributed by atoms with van der Waals surface area (Å²) >= 11 is 3.17. The molecule has 1 aromatic rings. The van der Waals surface area contributed by atoms with Crippen LogP contribution in [0.3, 0.4) is 0 Å². The van der Waals surface area contributed by atoms with Gasteiger partial charge in [-0.3, -0.25) is 0 Å². The normalized spacial score (nSPS) is 9.40. The molecule has 0 atom stereocenters. The van der Waals surface area contributed by atoms with E-state index >= 15 is 0 Å². The molecule has 4 nitrogen and oxygen atoms in total. The van der Waals surface area contributed by atoms with Crippen LogP contribution in [-0.2, 0) is 0 Å². The molecule has 54 valence electrons. The molecule has 0 fully saturated rings. The first kappa shape index (κ1) is 7.30. The molecule has 1 rings (SSSR count). The first-order valence-corrected chi connectivity index (χ1v) is 3.42. The largest absolute Gasteiger partial charge is 0.396 e. The van der Waals surface area contributed by atoms with Gasteiger partial charge < -0.3 is 11.2 Å². The number of anilines is 2. The monoisotopic (exact) mass is 202 g/mol. The lowest BCUT2D eigenvalue weighted by Crippen LogP contribution is -2.10. The zero-order valence-electron chi connectivity index (χ0n) is 5.13. The van der Waals surface area contributed by atoms with E-state index < -0.39 is 0 Å². The molecule has 0 saturated heterocycles. The molecule has 0 aliphatic rings. The van der Waals surface area contributed by atoms with Crippen molar-refractivity contribution >= 4 is 27.4 Å². The molecular formula is C5H7BrN4. The number of pyridine rings is 1. The Morgan fingerprint density at radius 1 is 1.50 bits per heavy atom. The third kappa shape index (κ3) is 1.37. The summed E-state index contributed by atoms with van der Waals surface area (Å²) in [4.78, 5) is 3.95. The van der Waals surface area contributed by atoms with Crippen molar-refractivity contribution in [2.45, 2.75) is 0 Å². The number of nitrogens with zero attached hydrogens (tertiary/aromatic N) is 1. The lowest BCUT2D eigenvalue weighted by molar-refractivity contribution is 1.21. The van der Waals surface area contributed by atoms with Gasteiger partial charge in [-0.2, -0.15) is 0 Å². The predicted molar refractivity (Wildman–Crippen MR) is 44.2 cm³/mol. The number of nitrogen functional groups attached to an aromatic ring is 2. The van der Waals surface area contributed by atoms with Crippen LogP contribution in [0.1, 0.15) is 0 Å². The van der Waals surface area contributed by atoms with Crippen LogP contribution in [0, 0.1) is 0 Å². The van der Waals surface area contributed by atoms with Crippen molar-refractivity contribution in [1.82, 2.24) is 4.98 Å².